The van der Waals surface area contributed by atoms with Gasteiger partial charge in [-0.15, -0.1) is 0 Å². The van der Waals surface area contributed by atoms with Gasteiger partial charge < -0.3 is 15.3 Å². The van der Waals surface area contributed by atoms with Gasteiger partial charge in [0.15, 0.2) is 0 Å². The molecular formula is C16H26N4O2. The van der Waals surface area contributed by atoms with Crippen LogP contribution in [0.4, 0.5) is 5.69 Å². The minimum atomic E-state index is 0.00594. The highest BCUT2D eigenvalue weighted by Gasteiger charge is 2.20. The number of nitrogens with zero attached hydrogens (tertiary/aromatic N) is 3. The van der Waals surface area contributed by atoms with E-state index in [1.54, 1.807) is 24.5 Å². The number of hydrogen-bond acceptors (Lipinski definition) is 5. The smallest absolute Gasteiger partial charge is 0.238 e. The number of aliphatic hydroxyl groups excluding tert-OH is 1. The molecule has 2 heterocycles. The lowest BCUT2D eigenvalue weighted by atomic mass is 9.96. The Kier molecular flexibility index (Phi) is 6.76. The van der Waals surface area contributed by atoms with Crippen molar-refractivity contribution < 1.29 is 9.90 Å². The van der Waals surface area contributed by atoms with E-state index in [4.69, 9.17) is 5.11 Å². The molecule has 0 atom stereocenters. The summed E-state index contributed by atoms with van der Waals surface area (Å²) in [6.45, 7) is 4.44. The first kappa shape index (κ1) is 16.9. The summed E-state index contributed by atoms with van der Waals surface area (Å²) in [6.07, 6.45) is 5.60. The van der Waals surface area contributed by atoms with Gasteiger partial charge in [-0.25, -0.2) is 0 Å². The molecule has 1 saturated heterocycles. The summed E-state index contributed by atoms with van der Waals surface area (Å²) in [5.41, 5.74) is 0.783. The molecule has 1 aromatic rings. The largest absolute Gasteiger partial charge is 0.395 e. The summed E-state index contributed by atoms with van der Waals surface area (Å²) in [4.78, 5) is 20.3. The van der Waals surface area contributed by atoms with Gasteiger partial charge in [-0.3, -0.25) is 14.7 Å². The van der Waals surface area contributed by atoms with Crippen LogP contribution in [0.15, 0.2) is 24.5 Å². The van der Waals surface area contributed by atoms with E-state index >= 15 is 0 Å². The van der Waals surface area contributed by atoms with Gasteiger partial charge in [0.1, 0.15) is 0 Å². The molecule has 0 radical (unpaired) electrons. The number of piperidine rings is 1. The Morgan fingerprint density at radius 2 is 2.09 bits per heavy atom. The summed E-state index contributed by atoms with van der Waals surface area (Å²) in [5.74, 6) is 0.639. The van der Waals surface area contributed by atoms with Gasteiger partial charge in [-0.2, -0.15) is 0 Å². The average molecular weight is 306 g/mol. The van der Waals surface area contributed by atoms with Crippen molar-refractivity contribution >= 4 is 11.6 Å². The zero-order valence-electron chi connectivity index (χ0n) is 13.2. The molecule has 6 nitrogen and oxygen atoms in total. The van der Waals surface area contributed by atoms with Crippen molar-refractivity contribution in [3.8, 4) is 0 Å². The number of anilines is 1. The van der Waals surface area contributed by atoms with Crippen molar-refractivity contribution in [1.82, 2.24) is 14.8 Å². The van der Waals surface area contributed by atoms with Crippen LogP contribution >= 0.6 is 0 Å². The van der Waals surface area contributed by atoms with Crippen LogP contribution in [0.2, 0.25) is 0 Å². The summed E-state index contributed by atoms with van der Waals surface area (Å²) in [5, 5.41) is 11.8. The van der Waals surface area contributed by atoms with Gasteiger partial charge in [0.25, 0.3) is 0 Å². The Morgan fingerprint density at radius 1 is 1.41 bits per heavy atom. The highest BCUT2D eigenvalue weighted by Crippen LogP contribution is 2.17. The SMILES string of the molecule is CN(CC(=O)Nc1ccncc1)CC1CCN(CCO)CC1. The van der Waals surface area contributed by atoms with E-state index in [9.17, 15) is 4.79 Å². The van der Waals surface area contributed by atoms with Crippen molar-refractivity contribution in [3.05, 3.63) is 24.5 Å². The van der Waals surface area contributed by atoms with Crippen molar-refractivity contribution in [2.45, 2.75) is 12.8 Å². The number of carbonyl (C=O) groups is 1. The average Bonchev–Trinajstić information content (AvgIpc) is 2.50. The second-order valence-electron chi connectivity index (χ2n) is 5.99. The molecule has 0 aromatic carbocycles. The molecule has 1 amide bonds. The maximum atomic E-state index is 12.0. The molecule has 1 aliphatic rings. The zero-order valence-corrected chi connectivity index (χ0v) is 13.2. The molecule has 0 aliphatic carbocycles. The van der Waals surface area contributed by atoms with Gasteiger partial charge >= 0.3 is 0 Å². The lowest BCUT2D eigenvalue weighted by Crippen LogP contribution is -2.40. The number of likely N-dealkylation sites (tertiary alicyclic amines) is 1. The van der Waals surface area contributed by atoms with Crippen LogP contribution in [0.5, 0.6) is 0 Å². The number of β-amino-alcohol motifs (C(OH)–C–C–N with tert-alkyl or cyclic N) is 1. The van der Waals surface area contributed by atoms with Gasteiger partial charge in [0, 0.05) is 31.2 Å². The number of likely N-dealkylation sites (N-methyl/N-ethyl adjacent to an activating group) is 1. The lowest BCUT2D eigenvalue weighted by molar-refractivity contribution is -0.117. The molecule has 0 bridgehead atoms. The van der Waals surface area contributed by atoms with Crippen LogP contribution in [-0.2, 0) is 4.79 Å². The second kappa shape index (κ2) is 8.82. The molecule has 2 N–H and O–H groups in total. The Labute approximate surface area is 132 Å². The molecule has 1 aromatic heterocycles. The number of amides is 1. The number of nitrogens with one attached hydrogen (secondary N) is 1. The fourth-order valence-corrected chi connectivity index (χ4v) is 2.92. The topological polar surface area (TPSA) is 68.7 Å². The van der Waals surface area contributed by atoms with Crippen LogP contribution in [0.25, 0.3) is 0 Å². The van der Waals surface area contributed by atoms with E-state index < -0.39 is 0 Å². The van der Waals surface area contributed by atoms with Crippen LogP contribution < -0.4 is 5.32 Å². The second-order valence-corrected chi connectivity index (χ2v) is 5.99. The Bertz CT molecular complexity index is 447. The molecule has 22 heavy (non-hydrogen) atoms. The number of rotatable bonds is 7. The quantitative estimate of drug-likeness (QED) is 0.774. The molecule has 0 unspecified atom stereocenters. The maximum Gasteiger partial charge on any atom is 0.238 e. The van der Waals surface area contributed by atoms with Crippen molar-refractivity contribution in [2.24, 2.45) is 5.92 Å². The normalized spacial score (nSPS) is 16.9. The number of carbonyl (C=O) groups excluding carboxylic acids is 1. The van der Waals surface area contributed by atoms with Crippen LogP contribution in [0.1, 0.15) is 12.8 Å². The number of aromatic nitrogens is 1. The summed E-state index contributed by atoms with van der Waals surface area (Å²) >= 11 is 0. The number of hydrogen-bond donors (Lipinski definition) is 2. The third kappa shape index (κ3) is 5.71. The maximum absolute atomic E-state index is 12.0. The molecule has 0 spiro atoms. The van der Waals surface area contributed by atoms with E-state index in [0.717, 1.165) is 44.7 Å². The third-order valence-corrected chi connectivity index (χ3v) is 4.07. The first-order valence-electron chi connectivity index (χ1n) is 7.89. The standard InChI is InChI=1S/C16H26N4O2/c1-19(12-14-4-8-20(9-5-14)10-11-21)13-16(22)18-15-2-6-17-7-3-15/h2-3,6-7,14,21H,4-5,8-13H2,1H3,(H,17,18,22). The monoisotopic (exact) mass is 306 g/mol. The third-order valence-electron chi connectivity index (χ3n) is 4.07. The Hall–Kier alpha value is -1.50. The Morgan fingerprint density at radius 3 is 2.73 bits per heavy atom. The van der Waals surface area contributed by atoms with Crippen LogP contribution in [-0.4, -0.2) is 72.2 Å². The fraction of sp³-hybridized carbons (Fsp3) is 0.625. The zero-order chi connectivity index (χ0) is 15.8. The first-order chi connectivity index (χ1) is 10.7. The minimum absolute atomic E-state index is 0.00594. The molecule has 2 rings (SSSR count). The van der Waals surface area contributed by atoms with Crippen LogP contribution in [0.3, 0.4) is 0 Å². The van der Waals surface area contributed by atoms with Gasteiger partial charge in [-0.1, -0.05) is 0 Å². The number of aliphatic hydroxyl groups is 1. The molecular weight excluding hydrogens is 280 g/mol. The van der Waals surface area contributed by atoms with E-state index in [-0.39, 0.29) is 12.5 Å². The highest BCUT2D eigenvalue weighted by molar-refractivity contribution is 5.92. The summed E-state index contributed by atoms with van der Waals surface area (Å²) in [6, 6.07) is 3.57. The highest BCUT2D eigenvalue weighted by atomic mass is 16.3. The van der Waals surface area contributed by atoms with Crippen molar-refractivity contribution in [3.63, 3.8) is 0 Å². The van der Waals surface area contributed by atoms with Gasteiger partial charge in [0.2, 0.25) is 5.91 Å². The van der Waals surface area contributed by atoms with E-state index in [2.05, 4.69) is 20.1 Å². The van der Waals surface area contributed by atoms with Crippen LogP contribution in [0, 0.1) is 5.92 Å². The van der Waals surface area contributed by atoms with E-state index in [1.807, 2.05) is 7.05 Å². The predicted octanol–water partition coefficient (Wildman–Crippen LogP) is 0.656. The molecule has 1 fully saturated rings. The summed E-state index contributed by atoms with van der Waals surface area (Å²) in [7, 11) is 1.99. The summed E-state index contributed by atoms with van der Waals surface area (Å²) < 4.78 is 0. The fourth-order valence-electron chi connectivity index (χ4n) is 2.92. The molecule has 0 saturated carbocycles. The Balaban J connectivity index is 1.67. The molecule has 122 valence electrons. The van der Waals surface area contributed by atoms with Gasteiger partial charge in [0.05, 0.1) is 13.2 Å². The molecule has 6 heteroatoms. The van der Waals surface area contributed by atoms with Gasteiger partial charge in [-0.05, 0) is 51.0 Å². The molecule has 1 aliphatic heterocycles. The van der Waals surface area contributed by atoms with Crippen molar-refractivity contribution in [2.75, 3.05) is 51.7 Å². The lowest BCUT2D eigenvalue weighted by Gasteiger charge is -2.33. The van der Waals surface area contributed by atoms with E-state index in [0.29, 0.717) is 12.5 Å². The predicted molar refractivity (Wildman–Crippen MR) is 86.6 cm³/mol. The van der Waals surface area contributed by atoms with E-state index in [1.165, 1.54) is 0 Å². The first-order valence-corrected chi connectivity index (χ1v) is 7.89. The number of pyridine rings is 1. The minimum Gasteiger partial charge on any atom is -0.395 e. The van der Waals surface area contributed by atoms with Crippen molar-refractivity contribution in [1.29, 1.82) is 0 Å².